The van der Waals surface area contributed by atoms with Gasteiger partial charge in [-0.25, -0.2) is 0 Å². The number of carbonyl (C=O) groups is 1. The molecule has 3 aliphatic rings. The van der Waals surface area contributed by atoms with Gasteiger partial charge in [0.1, 0.15) is 0 Å². The van der Waals surface area contributed by atoms with Crippen molar-refractivity contribution in [2.45, 2.75) is 112 Å². The van der Waals surface area contributed by atoms with Crippen molar-refractivity contribution in [2.24, 2.45) is 58.0 Å². The van der Waals surface area contributed by atoms with Gasteiger partial charge in [0.2, 0.25) is 5.91 Å². The number of primary amides is 1. The van der Waals surface area contributed by atoms with Crippen LogP contribution in [0.5, 0.6) is 0 Å². The molecule has 8 atom stereocenters. The summed E-state index contributed by atoms with van der Waals surface area (Å²) in [4.78, 5) is 11.8. The van der Waals surface area contributed by atoms with Crippen molar-refractivity contribution < 1.29 is 9.90 Å². The van der Waals surface area contributed by atoms with Crippen molar-refractivity contribution in [2.75, 3.05) is 6.61 Å². The normalized spacial score (nSPS) is 41.1. The third kappa shape index (κ3) is 4.87. The molecule has 0 saturated heterocycles. The Morgan fingerprint density at radius 1 is 1.06 bits per heavy atom. The summed E-state index contributed by atoms with van der Waals surface area (Å²) in [6.45, 7) is 12.4. The molecule has 0 aromatic carbocycles. The molecule has 3 fully saturated rings. The highest BCUT2D eigenvalue weighted by Crippen LogP contribution is 2.67. The summed E-state index contributed by atoms with van der Waals surface area (Å²) in [6, 6.07) is 0. The molecular formula is C28H51NO2. The Hall–Kier alpha value is -0.570. The van der Waals surface area contributed by atoms with Gasteiger partial charge >= 0.3 is 0 Å². The molecule has 1 amide bonds. The van der Waals surface area contributed by atoms with Crippen LogP contribution in [0.4, 0.5) is 0 Å². The quantitative estimate of drug-likeness (QED) is 0.409. The summed E-state index contributed by atoms with van der Waals surface area (Å²) >= 11 is 0. The second-order valence-corrected chi connectivity index (χ2v) is 12.5. The van der Waals surface area contributed by atoms with E-state index >= 15 is 0 Å². The van der Waals surface area contributed by atoms with Gasteiger partial charge in [-0.3, -0.25) is 4.79 Å². The maximum Gasteiger partial charge on any atom is 0.217 e. The first-order chi connectivity index (χ1) is 14.7. The molecule has 0 aliphatic heterocycles. The lowest BCUT2D eigenvalue weighted by molar-refractivity contribution is -0.129. The lowest BCUT2D eigenvalue weighted by Crippen LogP contribution is -2.53. The largest absolute Gasteiger partial charge is 0.396 e. The van der Waals surface area contributed by atoms with Crippen molar-refractivity contribution >= 4 is 5.91 Å². The molecule has 0 spiro atoms. The van der Waals surface area contributed by atoms with Crippen LogP contribution in [0.3, 0.4) is 0 Å². The summed E-state index contributed by atoms with van der Waals surface area (Å²) in [5, 5.41) is 9.92. The van der Waals surface area contributed by atoms with Gasteiger partial charge < -0.3 is 10.8 Å². The number of rotatable bonds is 10. The maximum atomic E-state index is 11.8. The monoisotopic (exact) mass is 433 g/mol. The average molecular weight is 434 g/mol. The number of carbonyl (C=O) groups excluding carboxylic acids is 1. The van der Waals surface area contributed by atoms with Crippen molar-refractivity contribution in [3.63, 3.8) is 0 Å². The molecule has 3 nitrogen and oxygen atoms in total. The van der Waals surface area contributed by atoms with E-state index in [1.165, 1.54) is 57.8 Å². The lowest BCUT2D eigenvalue weighted by atomic mass is 9.45. The zero-order valence-corrected chi connectivity index (χ0v) is 21.2. The van der Waals surface area contributed by atoms with Gasteiger partial charge in [0.15, 0.2) is 0 Å². The number of hydrogen-bond acceptors (Lipinski definition) is 2. The zero-order valence-electron chi connectivity index (χ0n) is 21.2. The molecule has 31 heavy (non-hydrogen) atoms. The first kappa shape index (κ1) is 25.1. The van der Waals surface area contributed by atoms with Gasteiger partial charge in [0.05, 0.1) is 0 Å². The van der Waals surface area contributed by atoms with Gasteiger partial charge in [-0.1, -0.05) is 60.3 Å². The minimum atomic E-state index is -0.165. The first-order valence-corrected chi connectivity index (χ1v) is 13.6. The molecule has 3 heteroatoms. The van der Waals surface area contributed by atoms with E-state index in [0.29, 0.717) is 23.7 Å². The number of hydrogen-bond donors (Lipinski definition) is 2. The minimum Gasteiger partial charge on any atom is -0.396 e. The third-order valence-electron chi connectivity index (χ3n) is 10.7. The second kappa shape index (κ2) is 10.1. The number of aliphatic hydroxyl groups is 1. The molecule has 3 N–H and O–H groups in total. The maximum absolute atomic E-state index is 11.8. The number of amides is 1. The van der Waals surface area contributed by atoms with E-state index < -0.39 is 0 Å². The molecule has 0 radical (unpaired) electrons. The third-order valence-corrected chi connectivity index (χ3v) is 10.7. The first-order valence-electron chi connectivity index (χ1n) is 13.6. The molecule has 0 aromatic rings. The van der Waals surface area contributed by atoms with E-state index in [9.17, 15) is 9.90 Å². The van der Waals surface area contributed by atoms with Gasteiger partial charge in [-0.05, 0) is 97.2 Å². The summed E-state index contributed by atoms with van der Waals surface area (Å²) in [7, 11) is 0. The Bertz CT molecular complexity index is 604. The highest BCUT2D eigenvalue weighted by molar-refractivity contribution is 5.74. The molecule has 4 unspecified atom stereocenters. The standard InChI is InChI=1S/C28H51NO2/c1-6-20(9-7-8-19(2)3)23-12-13-24-22-11-10-21(18-26(29)31)27(4,16-17-30)25(22)14-15-28(23,24)5/h19-25,30H,6-18H2,1-5H3,(H2,29,31)/t20-,21+,22?,23?,24?,25?,27+,28-/m1/s1. The molecule has 3 aliphatic carbocycles. The zero-order chi connectivity index (χ0) is 22.8. The van der Waals surface area contributed by atoms with E-state index in [4.69, 9.17) is 5.73 Å². The van der Waals surface area contributed by atoms with Gasteiger partial charge in [0, 0.05) is 13.0 Å². The van der Waals surface area contributed by atoms with Crippen molar-refractivity contribution in [3.05, 3.63) is 0 Å². The van der Waals surface area contributed by atoms with E-state index in [-0.39, 0.29) is 17.9 Å². The van der Waals surface area contributed by atoms with Crippen LogP contribution < -0.4 is 5.73 Å². The number of aliphatic hydroxyl groups excluding tert-OH is 1. The summed E-state index contributed by atoms with van der Waals surface area (Å²) < 4.78 is 0. The van der Waals surface area contributed by atoms with Gasteiger partial charge in [-0.2, -0.15) is 0 Å². The number of fused-ring (bicyclic) bond motifs is 3. The molecule has 0 aromatic heterocycles. The predicted octanol–water partition coefficient (Wildman–Crippen LogP) is 6.57. The van der Waals surface area contributed by atoms with Crippen LogP contribution in [-0.2, 0) is 4.79 Å². The fraction of sp³-hybridized carbons (Fsp3) is 0.964. The number of nitrogens with two attached hydrogens (primary N) is 1. The highest BCUT2D eigenvalue weighted by atomic mass is 16.3. The molecule has 180 valence electrons. The van der Waals surface area contributed by atoms with Crippen LogP contribution in [0, 0.1) is 52.3 Å². The molecular weight excluding hydrogens is 382 g/mol. The lowest BCUT2D eigenvalue weighted by Gasteiger charge is -2.59. The fourth-order valence-electron chi connectivity index (χ4n) is 9.04. The van der Waals surface area contributed by atoms with Crippen LogP contribution in [0.15, 0.2) is 0 Å². The minimum absolute atomic E-state index is 0.0630. The molecule has 0 heterocycles. The Morgan fingerprint density at radius 2 is 1.81 bits per heavy atom. The van der Waals surface area contributed by atoms with Crippen LogP contribution in [0.1, 0.15) is 112 Å². The second-order valence-electron chi connectivity index (χ2n) is 12.5. The topological polar surface area (TPSA) is 63.3 Å². The molecule has 3 rings (SSSR count). The van der Waals surface area contributed by atoms with E-state index in [2.05, 4.69) is 34.6 Å². The predicted molar refractivity (Wildman–Crippen MR) is 129 cm³/mol. The average Bonchev–Trinajstić information content (AvgIpc) is 3.04. The van der Waals surface area contributed by atoms with Crippen molar-refractivity contribution in [1.29, 1.82) is 0 Å². The summed E-state index contributed by atoms with van der Waals surface area (Å²) in [5.74, 6) is 5.04. The smallest absolute Gasteiger partial charge is 0.217 e. The van der Waals surface area contributed by atoms with E-state index in [1.54, 1.807) is 0 Å². The Balaban J connectivity index is 1.77. The van der Waals surface area contributed by atoms with Gasteiger partial charge in [-0.15, -0.1) is 0 Å². The highest BCUT2D eigenvalue weighted by Gasteiger charge is 2.60. The van der Waals surface area contributed by atoms with Gasteiger partial charge in [0.25, 0.3) is 0 Å². The molecule has 3 saturated carbocycles. The van der Waals surface area contributed by atoms with Crippen LogP contribution in [0.2, 0.25) is 0 Å². The Morgan fingerprint density at radius 3 is 2.42 bits per heavy atom. The van der Waals surface area contributed by atoms with Crippen LogP contribution in [-0.4, -0.2) is 17.6 Å². The van der Waals surface area contributed by atoms with Crippen LogP contribution in [0.25, 0.3) is 0 Å². The fourth-order valence-corrected chi connectivity index (χ4v) is 9.04. The molecule has 0 bridgehead atoms. The Kier molecular flexibility index (Phi) is 8.20. The Labute approximate surface area is 192 Å². The van der Waals surface area contributed by atoms with Crippen molar-refractivity contribution in [1.82, 2.24) is 0 Å². The summed E-state index contributed by atoms with van der Waals surface area (Å²) in [6.07, 6.45) is 14.7. The van der Waals surface area contributed by atoms with Crippen LogP contribution >= 0.6 is 0 Å². The summed E-state index contributed by atoms with van der Waals surface area (Å²) in [5.41, 5.74) is 6.20. The SMILES string of the molecule is CC[C@H](CCCC(C)C)C1CCC2C3CC[C@@H](CC(N)=O)[C@](C)(CCO)C3CC[C@@]21C. The van der Waals surface area contributed by atoms with E-state index in [1.807, 2.05) is 0 Å². The van der Waals surface area contributed by atoms with E-state index in [0.717, 1.165) is 42.4 Å². The van der Waals surface area contributed by atoms with Crippen molar-refractivity contribution in [3.8, 4) is 0 Å².